The number of aromatic nitrogens is 2. The summed E-state index contributed by atoms with van der Waals surface area (Å²) in [7, 11) is 0. The van der Waals surface area contributed by atoms with Crippen LogP contribution in [0, 0.1) is 0 Å². The zero-order valence-electron chi connectivity index (χ0n) is 14.2. The third-order valence-electron chi connectivity index (χ3n) is 5.19. The Morgan fingerprint density at radius 2 is 1.88 bits per heavy atom. The zero-order chi connectivity index (χ0) is 17.7. The number of hydrogen-bond donors (Lipinski definition) is 2. The molecule has 2 N–H and O–H groups in total. The van der Waals surface area contributed by atoms with Crippen LogP contribution in [0.2, 0.25) is 0 Å². The maximum atomic E-state index is 12.4. The Morgan fingerprint density at radius 1 is 1.04 bits per heavy atom. The normalized spacial score (nSPS) is 19.6. The summed E-state index contributed by atoms with van der Waals surface area (Å²) in [5, 5.41) is 6.24. The summed E-state index contributed by atoms with van der Waals surface area (Å²) >= 11 is 0. The average Bonchev–Trinajstić information content (AvgIpc) is 3.20. The molecule has 1 atom stereocenters. The number of rotatable bonds is 2. The van der Waals surface area contributed by atoms with Crippen LogP contribution in [0.5, 0.6) is 0 Å². The third kappa shape index (κ3) is 2.26. The Hall–Kier alpha value is -2.99. The smallest absolute Gasteiger partial charge is 0.253 e. The number of nitrogens with one attached hydrogen (secondary N) is 2. The van der Waals surface area contributed by atoms with Crippen LogP contribution < -0.4 is 10.6 Å². The van der Waals surface area contributed by atoms with E-state index in [0.29, 0.717) is 31.6 Å². The van der Waals surface area contributed by atoms with Gasteiger partial charge in [-0.15, -0.1) is 0 Å². The number of imidazole rings is 1. The molecule has 0 saturated carbocycles. The molecule has 2 aromatic carbocycles. The minimum absolute atomic E-state index is 0.0105. The van der Waals surface area contributed by atoms with E-state index < -0.39 is 0 Å². The average molecular weight is 346 g/mol. The highest BCUT2D eigenvalue weighted by molar-refractivity contribution is 6.06. The first kappa shape index (κ1) is 15.3. The van der Waals surface area contributed by atoms with Crippen molar-refractivity contribution in [1.29, 1.82) is 0 Å². The standard InChI is InChI=1S/C20H18N4O2/c25-12-10-17(22-11-12)13-4-1-2-5-14(13)19-23-16-7-3-6-15-18(16)24(19)9-8-21-20(15)26/h1-7,17,22H,8-11H2,(H,21,26). The second kappa shape index (κ2) is 5.78. The molecule has 6 nitrogen and oxygen atoms in total. The summed E-state index contributed by atoms with van der Waals surface area (Å²) in [6.45, 7) is 1.65. The van der Waals surface area contributed by atoms with Gasteiger partial charge in [0, 0.05) is 31.1 Å². The Morgan fingerprint density at radius 3 is 2.73 bits per heavy atom. The van der Waals surface area contributed by atoms with Gasteiger partial charge in [0.05, 0.1) is 23.1 Å². The van der Waals surface area contributed by atoms with Crippen molar-refractivity contribution in [3.05, 3.63) is 53.6 Å². The molecule has 3 aromatic rings. The lowest BCUT2D eigenvalue weighted by atomic mass is 9.98. The van der Waals surface area contributed by atoms with Gasteiger partial charge in [-0.05, 0) is 17.7 Å². The minimum atomic E-state index is -0.0582. The van der Waals surface area contributed by atoms with Crippen molar-refractivity contribution < 1.29 is 9.59 Å². The van der Waals surface area contributed by atoms with E-state index in [1.54, 1.807) is 0 Å². The Bertz CT molecular complexity index is 1050. The molecule has 5 rings (SSSR count). The summed E-state index contributed by atoms with van der Waals surface area (Å²) in [5.41, 5.74) is 4.44. The topological polar surface area (TPSA) is 76.0 Å². The Balaban J connectivity index is 1.74. The van der Waals surface area contributed by atoms with Crippen molar-refractivity contribution >= 4 is 22.7 Å². The van der Waals surface area contributed by atoms with Gasteiger partial charge in [0.2, 0.25) is 0 Å². The molecule has 130 valence electrons. The summed E-state index contributed by atoms with van der Waals surface area (Å²) in [6.07, 6.45) is 0.503. The largest absolute Gasteiger partial charge is 0.350 e. The predicted molar refractivity (Wildman–Crippen MR) is 97.9 cm³/mol. The van der Waals surface area contributed by atoms with Crippen molar-refractivity contribution in [3.63, 3.8) is 0 Å². The Labute approximate surface area is 150 Å². The molecule has 0 aliphatic carbocycles. The van der Waals surface area contributed by atoms with E-state index in [0.717, 1.165) is 28.0 Å². The van der Waals surface area contributed by atoms with Crippen molar-refractivity contribution in [3.8, 4) is 11.4 Å². The molecule has 0 spiro atoms. The maximum Gasteiger partial charge on any atom is 0.253 e. The lowest BCUT2D eigenvalue weighted by molar-refractivity contribution is -0.116. The van der Waals surface area contributed by atoms with Crippen LogP contribution in [-0.4, -0.2) is 34.3 Å². The maximum absolute atomic E-state index is 12.4. The van der Waals surface area contributed by atoms with Crippen LogP contribution in [0.4, 0.5) is 0 Å². The number of para-hydroxylation sites is 1. The van der Waals surface area contributed by atoms with Crippen molar-refractivity contribution in [2.75, 3.05) is 13.1 Å². The molecule has 1 unspecified atom stereocenters. The van der Waals surface area contributed by atoms with Gasteiger partial charge in [-0.3, -0.25) is 9.59 Å². The highest BCUT2D eigenvalue weighted by atomic mass is 16.1. The summed E-state index contributed by atoms with van der Waals surface area (Å²) in [6, 6.07) is 13.7. The molecule has 2 aliphatic rings. The molecule has 0 bridgehead atoms. The molecule has 1 saturated heterocycles. The van der Waals surface area contributed by atoms with Gasteiger partial charge >= 0.3 is 0 Å². The summed E-state index contributed by atoms with van der Waals surface area (Å²) in [5.74, 6) is 1.02. The predicted octanol–water partition coefficient (Wildman–Crippen LogP) is 2.05. The first-order valence-corrected chi connectivity index (χ1v) is 8.84. The quantitative estimate of drug-likeness (QED) is 0.745. The molecule has 1 amide bonds. The van der Waals surface area contributed by atoms with Gasteiger partial charge in [-0.25, -0.2) is 4.98 Å². The third-order valence-corrected chi connectivity index (χ3v) is 5.19. The fourth-order valence-electron chi connectivity index (χ4n) is 4.00. The van der Waals surface area contributed by atoms with Crippen LogP contribution in [0.1, 0.15) is 28.4 Å². The van der Waals surface area contributed by atoms with Crippen LogP contribution >= 0.6 is 0 Å². The molecular formula is C20H18N4O2. The van der Waals surface area contributed by atoms with Crippen LogP contribution in [0.25, 0.3) is 22.4 Å². The number of benzene rings is 2. The lowest BCUT2D eigenvalue weighted by Crippen LogP contribution is -2.24. The van der Waals surface area contributed by atoms with Crippen molar-refractivity contribution in [2.24, 2.45) is 0 Å². The number of carbonyl (C=O) groups excluding carboxylic acids is 2. The first-order chi connectivity index (χ1) is 12.7. The minimum Gasteiger partial charge on any atom is -0.350 e. The highest BCUT2D eigenvalue weighted by Gasteiger charge is 2.28. The van der Waals surface area contributed by atoms with E-state index in [4.69, 9.17) is 4.98 Å². The van der Waals surface area contributed by atoms with Gasteiger partial charge in [0.1, 0.15) is 11.6 Å². The molecule has 6 heteroatoms. The van der Waals surface area contributed by atoms with E-state index in [1.807, 2.05) is 36.4 Å². The van der Waals surface area contributed by atoms with E-state index >= 15 is 0 Å². The summed E-state index contributed by atoms with van der Waals surface area (Å²) < 4.78 is 2.12. The molecule has 3 heterocycles. The van der Waals surface area contributed by atoms with Gasteiger partial charge in [-0.1, -0.05) is 30.3 Å². The van der Waals surface area contributed by atoms with E-state index in [2.05, 4.69) is 21.3 Å². The van der Waals surface area contributed by atoms with Gasteiger partial charge in [0.25, 0.3) is 5.91 Å². The highest BCUT2D eigenvalue weighted by Crippen LogP contribution is 2.34. The van der Waals surface area contributed by atoms with Gasteiger partial charge in [-0.2, -0.15) is 0 Å². The number of nitrogens with zero attached hydrogens (tertiary/aromatic N) is 2. The van der Waals surface area contributed by atoms with E-state index in [-0.39, 0.29) is 17.7 Å². The fourth-order valence-corrected chi connectivity index (χ4v) is 4.00. The second-order valence-electron chi connectivity index (χ2n) is 6.78. The number of ketones is 1. The van der Waals surface area contributed by atoms with Crippen molar-refractivity contribution in [2.45, 2.75) is 19.0 Å². The Kier molecular flexibility index (Phi) is 3.39. The first-order valence-electron chi connectivity index (χ1n) is 8.84. The molecule has 0 radical (unpaired) electrons. The van der Waals surface area contributed by atoms with Crippen LogP contribution in [0.3, 0.4) is 0 Å². The van der Waals surface area contributed by atoms with Gasteiger partial charge < -0.3 is 15.2 Å². The molecule has 1 aromatic heterocycles. The van der Waals surface area contributed by atoms with Crippen LogP contribution in [0.15, 0.2) is 42.5 Å². The summed E-state index contributed by atoms with van der Waals surface area (Å²) in [4.78, 5) is 28.9. The number of carbonyl (C=O) groups is 2. The van der Waals surface area contributed by atoms with Gasteiger partial charge in [0.15, 0.2) is 0 Å². The second-order valence-corrected chi connectivity index (χ2v) is 6.78. The molecular weight excluding hydrogens is 328 g/mol. The monoisotopic (exact) mass is 346 g/mol. The number of amides is 1. The molecule has 26 heavy (non-hydrogen) atoms. The van der Waals surface area contributed by atoms with E-state index in [9.17, 15) is 9.59 Å². The molecule has 1 fully saturated rings. The van der Waals surface area contributed by atoms with Crippen molar-refractivity contribution in [1.82, 2.24) is 20.2 Å². The zero-order valence-corrected chi connectivity index (χ0v) is 14.2. The van der Waals surface area contributed by atoms with Crippen LogP contribution in [-0.2, 0) is 11.3 Å². The number of Topliss-reactive ketones (excluding diaryl/α,β-unsaturated/α-hetero) is 1. The van der Waals surface area contributed by atoms with E-state index in [1.165, 1.54) is 0 Å². The number of hydrogen-bond acceptors (Lipinski definition) is 4. The fraction of sp³-hybridized carbons (Fsp3) is 0.250. The SMILES string of the molecule is O=C1CNC(c2ccccc2-c2nc3cccc4c3n2CCNC4=O)C1. The lowest BCUT2D eigenvalue weighted by Gasteiger charge is -2.16. The molecule has 2 aliphatic heterocycles.